The van der Waals surface area contributed by atoms with Gasteiger partial charge in [-0.2, -0.15) is 4.98 Å². The number of benzene rings is 1. The molecule has 5 nitrogen and oxygen atoms in total. The molecule has 0 fully saturated rings. The molecule has 0 amide bonds. The van der Waals surface area contributed by atoms with E-state index >= 15 is 0 Å². The molecule has 0 radical (unpaired) electrons. The molecule has 1 unspecified atom stereocenters. The summed E-state index contributed by atoms with van der Waals surface area (Å²) < 4.78 is 10.5. The van der Waals surface area contributed by atoms with Crippen molar-refractivity contribution >= 4 is 0 Å². The number of rotatable bonds is 5. The maximum atomic E-state index is 5.89. The third-order valence-corrected chi connectivity index (χ3v) is 2.78. The number of hydrogen-bond acceptors (Lipinski definition) is 5. The van der Waals surface area contributed by atoms with Crippen molar-refractivity contribution in [1.82, 2.24) is 10.1 Å². The van der Waals surface area contributed by atoms with Crippen LogP contribution in [0.25, 0.3) is 11.4 Å². The molecule has 2 N–H and O–H groups in total. The molecule has 0 aliphatic rings. The van der Waals surface area contributed by atoms with Gasteiger partial charge in [0.2, 0.25) is 11.7 Å². The SMILES string of the molecule is C=CCC(N)c1nc(-c2ccc(C)cc2OC)no1. The normalized spacial score (nSPS) is 12.2. The third-order valence-electron chi connectivity index (χ3n) is 2.78. The Labute approximate surface area is 112 Å². The van der Waals surface area contributed by atoms with Crippen LogP contribution in [-0.4, -0.2) is 17.3 Å². The molecule has 1 aromatic carbocycles. The van der Waals surface area contributed by atoms with E-state index in [-0.39, 0.29) is 6.04 Å². The lowest BCUT2D eigenvalue weighted by atomic mass is 10.1. The molecule has 2 aromatic rings. The van der Waals surface area contributed by atoms with Gasteiger partial charge in [0.1, 0.15) is 5.75 Å². The fraction of sp³-hybridized carbons (Fsp3) is 0.286. The Hall–Kier alpha value is -2.14. The number of nitrogens with zero attached hydrogens (tertiary/aromatic N) is 2. The van der Waals surface area contributed by atoms with Crippen LogP contribution in [0.3, 0.4) is 0 Å². The maximum absolute atomic E-state index is 5.89. The predicted molar refractivity (Wildman–Crippen MR) is 72.8 cm³/mol. The fourth-order valence-corrected chi connectivity index (χ4v) is 1.76. The first-order valence-corrected chi connectivity index (χ1v) is 6.00. The van der Waals surface area contributed by atoms with Crippen molar-refractivity contribution in [2.24, 2.45) is 5.73 Å². The van der Waals surface area contributed by atoms with Gasteiger partial charge in [0.25, 0.3) is 0 Å². The molecule has 0 saturated heterocycles. The molecule has 100 valence electrons. The monoisotopic (exact) mass is 259 g/mol. The minimum Gasteiger partial charge on any atom is -0.496 e. The standard InChI is InChI=1S/C14H17N3O2/c1-4-5-11(15)14-16-13(17-19-14)10-7-6-9(2)8-12(10)18-3/h4,6-8,11H,1,5,15H2,2-3H3. The highest BCUT2D eigenvalue weighted by molar-refractivity contribution is 5.64. The molecule has 0 aliphatic carbocycles. The summed E-state index contributed by atoms with van der Waals surface area (Å²) >= 11 is 0. The first-order chi connectivity index (χ1) is 9.15. The molecule has 0 bridgehead atoms. The van der Waals surface area contributed by atoms with E-state index in [4.69, 9.17) is 15.0 Å². The third kappa shape index (κ3) is 2.82. The number of methoxy groups -OCH3 is 1. The average Bonchev–Trinajstić information content (AvgIpc) is 2.88. The molecular weight excluding hydrogens is 242 g/mol. The Kier molecular flexibility index (Phi) is 3.97. The highest BCUT2D eigenvalue weighted by Crippen LogP contribution is 2.29. The van der Waals surface area contributed by atoms with Gasteiger partial charge < -0.3 is 15.0 Å². The summed E-state index contributed by atoms with van der Waals surface area (Å²) in [5.74, 6) is 1.59. The summed E-state index contributed by atoms with van der Waals surface area (Å²) in [4.78, 5) is 4.31. The summed E-state index contributed by atoms with van der Waals surface area (Å²) in [5, 5.41) is 3.95. The van der Waals surface area contributed by atoms with Crippen LogP contribution >= 0.6 is 0 Å². The Morgan fingerprint density at radius 3 is 3.00 bits per heavy atom. The van der Waals surface area contributed by atoms with Gasteiger partial charge in [-0.3, -0.25) is 0 Å². The van der Waals surface area contributed by atoms with E-state index in [1.807, 2.05) is 25.1 Å². The first kappa shape index (κ1) is 13.3. The number of aryl methyl sites for hydroxylation is 1. The Balaban J connectivity index is 2.35. The van der Waals surface area contributed by atoms with E-state index < -0.39 is 0 Å². The summed E-state index contributed by atoms with van der Waals surface area (Å²) in [5.41, 5.74) is 7.78. The molecule has 1 aromatic heterocycles. The Morgan fingerprint density at radius 1 is 1.53 bits per heavy atom. The zero-order chi connectivity index (χ0) is 13.8. The molecule has 19 heavy (non-hydrogen) atoms. The van der Waals surface area contributed by atoms with E-state index in [1.54, 1.807) is 13.2 Å². The van der Waals surface area contributed by atoms with Crippen molar-refractivity contribution in [1.29, 1.82) is 0 Å². The van der Waals surface area contributed by atoms with Crippen LogP contribution in [0.15, 0.2) is 35.4 Å². The van der Waals surface area contributed by atoms with Crippen molar-refractivity contribution in [3.63, 3.8) is 0 Å². The molecule has 0 spiro atoms. The van der Waals surface area contributed by atoms with Crippen molar-refractivity contribution in [2.75, 3.05) is 7.11 Å². The smallest absolute Gasteiger partial charge is 0.244 e. The largest absolute Gasteiger partial charge is 0.496 e. The van der Waals surface area contributed by atoms with Crippen LogP contribution in [0, 0.1) is 6.92 Å². The lowest BCUT2D eigenvalue weighted by Crippen LogP contribution is -2.09. The average molecular weight is 259 g/mol. The second kappa shape index (κ2) is 5.67. The number of hydrogen-bond donors (Lipinski definition) is 1. The van der Waals surface area contributed by atoms with Gasteiger partial charge in [-0.25, -0.2) is 0 Å². The van der Waals surface area contributed by atoms with Gasteiger partial charge in [-0.15, -0.1) is 6.58 Å². The fourth-order valence-electron chi connectivity index (χ4n) is 1.76. The van der Waals surface area contributed by atoms with Crippen LogP contribution in [0.4, 0.5) is 0 Å². The topological polar surface area (TPSA) is 74.2 Å². The van der Waals surface area contributed by atoms with E-state index in [2.05, 4.69) is 16.7 Å². The summed E-state index contributed by atoms with van der Waals surface area (Å²) in [6.45, 7) is 5.63. The van der Waals surface area contributed by atoms with Crippen molar-refractivity contribution < 1.29 is 9.26 Å². The van der Waals surface area contributed by atoms with E-state index in [0.717, 1.165) is 11.1 Å². The Bertz CT molecular complexity index is 578. The molecular formula is C14H17N3O2. The second-order valence-electron chi connectivity index (χ2n) is 4.29. The molecule has 0 aliphatic heterocycles. The lowest BCUT2D eigenvalue weighted by Gasteiger charge is -2.05. The maximum Gasteiger partial charge on any atom is 0.244 e. The quantitative estimate of drug-likeness (QED) is 0.835. The van der Waals surface area contributed by atoms with Crippen LogP contribution < -0.4 is 10.5 Å². The second-order valence-corrected chi connectivity index (χ2v) is 4.29. The highest BCUT2D eigenvalue weighted by Gasteiger charge is 2.17. The lowest BCUT2D eigenvalue weighted by molar-refractivity contribution is 0.355. The zero-order valence-corrected chi connectivity index (χ0v) is 11.1. The van der Waals surface area contributed by atoms with Crippen LogP contribution in [-0.2, 0) is 0 Å². The molecule has 2 rings (SSSR count). The highest BCUT2D eigenvalue weighted by atomic mass is 16.5. The van der Waals surface area contributed by atoms with Crippen molar-refractivity contribution in [3.05, 3.63) is 42.3 Å². The molecule has 0 saturated carbocycles. The van der Waals surface area contributed by atoms with Crippen molar-refractivity contribution in [3.8, 4) is 17.1 Å². The number of ether oxygens (including phenoxy) is 1. The number of nitrogens with two attached hydrogens (primary N) is 1. The summed E-state index contributed by atoms with van der Waals surface area (Å²) in [6, 6.07) is 5.48. The van der Waals surface area contributed by atoms with Gasteiger partial charge >= 0.3 is 0 Å². The van der Waals surface area contributed by atoms with Gasteiger partial charge in [0, 0.05) is 0 Å². The van der Waals surface area contributed by atoms with Crippen molar-refractivity contribution in [2.45, 2.75) is 19.4 Å². The van der Waals surface area contributed by atoms with Crippen LogP contribution in [0.5, 0.6) is 5.75 Å². The summed E-state index contributed by atoms with van der Waals surface area (Å²) in [7, 11) is 1.61. The zero-order valence-electron chi connectivity index (χ0n) is 11.1. The first-order valence-electron chi connectivity index (χ1n) is 6.00. The molecule has 1 atom stereocenters. The molecule has 5 heteroatoms. The van der Waals surface area contributed by atoms with E-state index in [9.17, 15) is 0 Å². The van der Waals surface area contributed by atoms with Gasteiger partial charge in [0.05, 0.1) is 18.7 Å². The Morgan fingerprint density at radius 2 is 2.32 bits per heavy atom. The number of aromatic nitrogens is 2. The summed E-state index contributed by atoms with van der Waals surface area (Å²) in [6.07, 6.45) is 2.31. The van der Waals surface area contributed by atoms with E-state index in [1.165, 1.54) is 0 Å². The van der Waals surface area contributed by atoms with Crippen LogP contribution in [0.1, 0.15) is 23.9 Å². The van der Waals surface area contributed by atoms with Gasteiger partial charge in [-0.1, -0.05) is 17.3 Å². The molecule has 1 heterocycles. The van der Waals surface area contributed by atoms with Gasteiger partial charge in [0.15, 0.2) is 0 Å². The minimum atomic E-state index is -0.324. The predicted octanol–water partition coefficient (Wildman–Crippen LogP) is 2.63. The van der Waals surface area contributed by atoms with Gasteiger partial charge in [-0.05, 0) is 31.0 Å². The van der Waals surface area contributed by atoms with Crippen LogP contribution in [0.2, 0.25) is 0 Å². The minimum absolute atomic E-state index is 0.324. The van der Waals surface area contributed by atoms with E-state index in [0.29, 0.717) is 23.9 Å².